The minimum Gasteiger partial charge on any atom is -0.354 e. The SMILES string of the molecule is CCC(CC)(C(=O)NCCN(C)C)c1ccccc1. The quantitative estimate of drug-likeness (QED) is 0.818. The van der Waals surface area contributed by atoms with Crippen LogP contribution >= 0.6 is 0 Å². The van der Waals surface area contributed by atoms with Gasteiger partial charge in [0.05, 0.1) is 5.41 Å². The number of benzene rings is 1. The standard InChI is InChI=1S/C16H26N2O/c1-5-16(6-2,14-10-8-7-9-11-14)15(19)17-12-13-18(3)4/h7-11H,5-6,12-13H2,1-4H3,(H,17,19). The van der Waals surface area contributed by atoms with Gasteiger partial charge in [-0.2, -0.15) is 0 Å². The maximum absolute atomic E-state index is 12.6. The molecule has 0 fully saturated rings. The van der Waals surface area contributed by atoms with Crippen LogP contribution in [-0.2, 0) is 10.2 Å². The van der Waals surface area contributed by atoms with E-state index in [2.05, 4.69) is 36.2 Å². The first-order valence-electron chi connectivity index (χ1n) is 7.05. The van der Waals surface area contributed by atoms with E-state index in [1.807, 2.05) is 32.3 Å². The molecule has 0 heterocycles. The van der Waals surface area contributed by atoms with Crippen molar-refractivity contribution in [3.8, 4) is 0 Å². The second kappa shape index (κ2) is 7.29. The number of carbonyl (C=O) groups is 1. The Labute approximate surface area is 117 Å². The normalized spacial score (nSPS) is 11.6. The molecule has 0 saturated heterocycles. The fraction of sp³-hybridized carbons (Fsp3) is 0.562. The van der Waals surface area contributed by atoms with Crippen LogP contribution in [0.25, 0.3) is 0 Å². The van der Waals surface area contributed by atoms with Crippen molar-refractivity contribution in [1.82, 2.24) is 10.2 Å². The van der Waals surface area contributed by atoms with Crippen LogP contribution < -0.4 is 5.32 Å². The van der Waals surface area contributed by atoms with Crippen molar-refractivity contribution in [1.29, 1.82) is 0 Å². The molecule has 0 aliphatic heterocycles. The number of amides is 1. The number of hydrogen-bond acceptors (Lipinski definition) is 2. The zero-order valence-electron chi connectivity index (χ0n) is 12.6. The predicted octanol–water partition coefficient (Wildman–Crippen LogP) is 2.42. The van der Waals surface area contributed by atoms with Crippen LogP contribution in [0.4, 0.5) is 0 Å². The Kier molecular flexibility index (Phi) is 6.03. The van der Waals surface area contributed by atoms with Gasteiger partial charge in [0.2, 0.25) is 5.91 Å². The smallest absolute Gasteiger partial charge is 0.230 e. The largest absolute Gasteiger partial charge is 0.354 e. The van der Waals surface area contributed by atoms with Gasteiger partial charge in [-0.3, -0.25) is 4.79 Å². The highest BCUT2D eigenvalue weighted by Crippen LogP contribution is 2.31. The van der Waals surface area contributed by atoms with Crippen LogP contribution in [0.3, 0.4) is 0 Å². The Morgan fingerprint density at radius 3 is 2.21 bits per heavy atom. The van der Waals surface area contributed by atoms with Gasteiger partial charge < -0.3 is 10.2 Å². The van der Waals surface area contributed by atoms with E-state index in [-0.39, 0.29) is 5.91 Å². The van der Waals surface area contributed by atoms with Crippen LogP contribution in [0.15, 0.2) is 30.3 Å². The molecule has 3 heteroatoms. The highest BCUT2D eigenvalue weighted by Gasteiger charge is 2.36. The lowest BCUT2D eigenvalue weighted by molar-refractivity contribution is -0.127. The molecular formula is C16H26N2O. The summed E-state index contributed by atoms with van der Waals surface area (Å²) >= 11 is 0. The second-order valence-electron chi connectivity index (χ2n) is 5.21. The molecule has 0 aliphatic carbocycles. The third-order valence-corrected chi connectivity index (χ3v) is 3.81. The summed E-state index contributed by atoms with van der Waals surface area (Å²) < 4.78 is 0. The van der Waals surface area contributed by atoms with Gasteiger partial charge in [-0.15, -0.1) is 0 Å². The van der Waals surface area contributed by atoms with Gasteiger partial charge >= 0.3 is 0 Å². The number of nitrogens with zero attached hydrogens (tertiary/aromatic N) is 1. The minimum absolute atomic E-state index is 0.144. The van der Waals surface area contributed by atoms with Gasteiger partial charge in [-0.1, -0.05) is 44.2 Å². The summed E-state index contributed by atoms with van der Waals surface area (Å²) in [5, 5.41) is 3.07. The summed E-state index contributed by atoms with van der Waals surface area (Å²) in [5.41, 5.74) is 0.718. The first kappa shape index (κ1) is 15.7. The van der Waals surface area contributed by atoms with Gasteiger partial charge in [0.15, 0.2) is 0 Å². The number of carbonyl (C=O) groups excluding carboxylic acids is 1. The molecule has 0 atom stereocenters. The van der Waals surface area contributed by atoms with Gasteiger partial charge in [-0.25, -0.2) is 0 Å². The molecular weight excluding hydrogens is 236 g/mol. The van der Waals surface area contributed by atoms with Gasteiger partial charge in [0.25, 0.3) is 0 Å². The van der Waals surface area contributed by atoms with Gasteiger partial charge in [0.1, 0.15) is 0 Å². The summed E-state index contributed by atoms with van der Waals surface area (Å²) in [4.78, 5) is 14.7. The lowest BCUT2D eigenvalue weighted by Crippen LogP contribution is -2.45. The third kappa shape index (κ3) is 3.80. The van der Waals surface area contributed by atoms with Crippen molar-refractivity contribution in [3.05, 3.63) is 35.9 Å². The average Bonchev–Trinajstić information content (AvgIpc) is 2.41. The number of rotatable bonds is 7. The van der Waals surface area contributed by atoms with Crippen molar-refractivity contribution in [2.45, 2.75) is 32.1 Å². The number of nitrogens with one attached hydrogen (secondary N) is 1. The molecule has 0 unspecified atom stereocenters. The molecule has 1 amide bonds. The Bertz CT molecular complexity index is 383. The summed E-state index contributed by atoms with van der Waals surface area (Å²) in [6, 6.07) is 10.1. The van der Waals surface area contributed by atoms with Gasteiger partial charge in [-0.05, 0) is 32.5 Å². The molecule has 0 radical (unpaired) electrons. The number of likely N-dealkylation sites (N-methyl/N-ethyl adjacent to an activating group) is 1. The van der Waals surface area contributed by atoms with E-state index in [9.17, 15) is 4.79 Å². The van der Waals surface area contributed by atoms with E-state index < -0.39 is 5.41 Å². The zero-order chi connectivity index (χ0) is 14.3. The fourth-order valence-electron chi connectivity index (χ4n) is 2.43. The highest BCUT2D eigenvalue weighted by atomic mass is 16.2. The molecule has 0 aromatic heterocycles. The Hall–Kier alpha value is -1.35. The van der Waals surface area contributed by atoms with Crippen LogP contribution in [0.2, 0.25) is 0 Å². The molecule has 0 spiro atoms. The van der Waals surface area contributed by atoms with Crippen LogP contribution in [-0.4, -0.2) is 38.0 Å². The Balaban J connectivity index is 2.84. The van der Waals surface area contributed by atoms with Crippen molar-refractivity contribution >= 4 is 5.91 Å². The highest BCUT2D eigenvalue weighted by molar-refractivity contribution is 5.88. The lowest BCUT2D eigenvalue weighted by atomic mass is 9.75. The third-order valence-electron chi connectivity index (χ3n) is 3.81. The summed E-state index contributed by atoms with van der Waals surface area (Å²) in [6.45, 7) is 5.73. The van der Waals surface area contributed by atoms with E-state index in [1.54, 1.807) is 0 Å². The fourth-order valence-corrected chi connectivity index (χ4v) is 2.43. The summed E-state index contributed by atoms with van der Waals surface area (Å²) in [5.74, 6) is 0.144. The first-order chi connectivity index (χ1) is 9.06. The zero-order valence-corrected chi connectivity index (χ0v) is 12.6. The van der Waals surface area contributed by atoms with E-state index in [4.69, 9.17) is 0 Å². The van der Waals surface area contributed by atoms with Crippen LogP contribution in [0.5, 0.6) is 0 Å². The predicted molar refractivity (Wildman–Crippen MR) is 80.3 cm³/mol. The average molecular weight is 262 g/mol. The van der Waals surface area contributed by atoms with Crippen molar-refractivity contribution in [2.24, 2.45) is 0 Å². The van der Waals surface area contributed by atoms with Crippen molar-refractivity contribution < 1.29 is 4.79 Å². The molecule has 19 heavy (non-hydrogen) atoms. The molecule has 1 N–H and O–H groups in total. The minimum atomic E-state index is -0.395. The first-order valence-corrected chi connectivity index (χ1v) is 7.05. The van der Waals surface area contributed by atoms with Crippen molar-refractivity contribution in [2.75, 3.05) is 27.2 Å². The molecule has 3 nitrogen and oxygen atoms in total. The molecule has 1 aromatic carbocycles. The Morgan fingerprint density at radius 1 is 1.16 bits per heavy atom. The molecule has 0 bridgehead atoms. The summed E-state index contributed by atoms with van der Waals surface area (Å²) in [6.07, 6.45) is 1.64. The number of hydrogen-bond donors (Lipinski definition) is 1. The molecule has 0 aliphatic rings. The van der Waals surface area contributed by atoms with E-state index in [1.165, 1.54) is 0 Å². The lowest BCUT2D eigenvalue weighted by Gasteiger charge is -2.31. The maximum Gasteiger partial charge on any atom is 0.230 e. The van der Waals surface area contributed by atoms with E-state index in [0.717, 1.165) is 24.9 Å². The summed E-state index contributed by atoms with van der Waals surface area (Å²) in [7, 11) is 4.02. The molecule has 0 saturated carbocycles. The van der Waals surface area contributed by atoms with Crippen molar-refractivity contribution in [3.63, 3.8) is 0 Å². The Morgan fingerprint density at radius 2 is 1.74 bits per heavy atom. The van der Waals surface area contributed by atoms with Gasteiger partial charge in [0, 0.05) is 13.1 Å². The molecule has 1 aromatic rings. The second-order valence-corrected chi connectivity index (χ2v) is 5.21. The van der Waals surface area contributed by atoms with E-state index >= 15 is 0 Å². The van der Waals surface area contributed by atoms with Crippen LogP contribution in [0.1, 0.15) is 32.3 Å². The molecule has 1 rings (SSSR count). The topological polar surface area (TPSA) is 32.3 Å². The molecule has 106 valence electrons. The monoisotopic (exact) mass is 262 g/mol. The van der Waals surface area contributed by atoms with E-state index in [0.29, 0.717) is 6.54 Å². The van der Waals surface area contributed by atoms with Crippen LogP contribution in [0, 0.1) is 0 Å². The maximum atomic E-state index is 12.6.